The van der Waals surface area contributed by atoms with Crippen molar-refractivity contribution >= 4 is 55.7 Å². The fourth-order valence-electron chi connectivity index (χ4n) is 2.16. The van der Waals surface area contributed by atoms with E-state index < -0.39 is 12.0 Å². The van der Waals surface area contributed by atoms with Gasteiger partial charge in [-0.25, -0.2) is 5.43 Å². The molecule has 0 aliphatic carbocycles. The van der Waals surface area contributed by atoms with Crippen LogP contribution < -0.4 is 5.43 Å². The van der Waals surface area contributed by atoms with Crippen molar-refractivity contribution in [3.05, 3.63) is 63.4 Å². The van der Waals surface area contributed by atoms with Gasteiger partial charge in [-0.05, 0) is 36.8 Å². The van der Waals surface area contributed by atoms with Crippen molar-refractivity contribution in [1.29, 1.82) is 0 Å². The Kier molecular flexibility index (Phi) is 6.20. The molecule has 0 radical (unpaired) electrons. The number of halogens is 1. The number of hydrogen-bond acceptors (Lipinski definition) is 6. The van der Waals surface area contributed by atoms with Crippen molar-refractivity contribution in [1.82, 2.24) is 5.43 Å². The van der Waals surface area contributed by atoms with Crippen molar-refractivity contribution < 1.29 is 14.7 Å². The zero-order chi connectivity index (χ0) is 19.2. The van der Waals surface area contributed by atoms with E-state index in [1.165, 1.54) is 23.8 Å². The number of hydrogen-bond donors (Lipinski definition) is 2. The lowest BCUT2D eigenvalue weighted by Gasteiger charge is -2.06. The molecule has 1 atom stereocenters. The van der Waals surface area contributed by atoms with E-state index >= 15 is 0 Å². The van der Waals surface area contributed by atoms with Gasteiger partial charge in [0.25, 0.3) is 5.91 Å². The minimum Gasteiger partial charge on any atom is -0.506 e. The zero-order valence-electron chi connectivity index (χ0n) is 14.3. The Morgan fingerprint density at radius 2 is 1.96 bits per heavy atom. The molecular formula is C19H16BrN3O3S. The summed E-state index contributed by atoms with van der Waals surface area (Å²) in [6, 6.07) is 15.0. The highest BCUT2D eigenvalue weighted by atomic mass is 79.9. The highest BCUT2D eigenvalue weighted by Crippen LogP contribution is 2.35. The van der Waals surface area contributed by atoms with Gasteiger partial charge in [0.15, 0.2) is 0 Å². The molecule has 0 aliphatic rings. The molecule has 1 aromatic heterocycles. The molecular weight excluding hydrogens is 430 g/mol. The first-order chi connectivity index (χ1) is 13.0. The number of rotatable bonds is 6. The molecule has 1 unspecified atom stereocenters. The third kappa shape index (κ3) is 4.93. The van der Waals surface area contributed by atoms with Gasteiger partial charge in [-0.2, -0.15) is 5.10 Å². The quantitative estimate of drug-likeness (QED) is 0.439. The van der Waals surface area contributed by atoms with E-state index in [-0.39, 0.29) is 5.75 Å². The van der Waals surface area contributed by atoms with Crippen LogP contribution in [-0.2, 0) is 9.63 Å². The van der Waals surface area contributed by atoms with Crippen molar-refractivity contribution in [2.45, 2.75) is 13.0 Å². The van der Waals surface area contributed by atoms with Gasteiger partial charge in [0.1, 0.15) is 5.75 Å². The summed E-state index contributed by atoms with van der Waals surface area (Å²) in [6.45, 7) is 1.57. The summed E-state index contributed by atoms with van der Waals surface area (Å²) < 4.78 is 1.91. The first kappa shape index (κ1) is 19.1. The van der Waals surface area contributed by atoms with Gasteiger partial charge >= 0.3 is 0 Å². The first-order valence-corrected chi connectivity index (χ1v) is 9.63. The smallest absolute Gasteiger partial charge is 0.283 e. The molecule has 3 aromatic rings. The fraction of sp³-hybridized carbons (Fsp3) is 0.105. The highest BCUT2D eigenvalue weighted by molar-refractivity contribution is 9.10. The monoisotopic (exact) mass is 445 g/mol. The Labute approximate surface area is 168 Å². The van der Waals surface area contributed by atoms with Crippen LogP contribution in [0.15, 0.2) is 63.3 Å². The van der Waals surface area contributed by atoms with E-state index in [2.05, 4.69) is 31.6 Å². The number of fused-ring (bicyclic) bond motifs is 1. The molecule has 0 bridgehead atoms. The van der Waals surface area contributed by atoms with Crippen LogP contribution in [0.4, 0.5) is 0 Å². The molecule has 0 fully saturated rings. The number of nitrogens with zero attached hydrogens (tertiary/aromatic N) is 2. The number of carbonyl (C=O) groups is 1. The van der Waals surface area contributed by atoms with Gasteiger partial charge in [-0.15, -0.1) is 11.3 Å². The molecule has 2 N–H and O–H groups in total. The lowest BCUT2D eigenvalue weighted by Crippen LogP contribution is -2.30. The van der Waals surface area contributed by atoms with E-state index in [0.717, 1.165) is 20.1 Å². The van der Waals surface area contributed by atoms with Crippen molar-refractivity contribution in [2.75, 3.05) is 0 Å². The number of carbonyl (C=O) groups excluding carboxylic acids is 1. The Balaban J connectivity index is 1.54. The van der Waals surface area contributed by atoms with E-state index in [1.54, 1.807) is 6.92 Å². The van der Waals surface area contributed by atoms with E-state index in [0.29, 0.717) is 4.88 Å². The summed E-state index contributed by atoms with van der Waals surface area (Å²) in [4.78, 5) is 17.7. The molecule has 27 heavy (non-hydrogen) atoms. The number of oxime groups is 1. The Morgan fingerprint density at radius 3 is 2.70 bits per heavy atom. The number of nitrogens with one attached hydrogen (secondary N) is 1. The van der Waals surface area contributed by atoms with Crippen LogP contribution in [0.25, 0.3) is 10.1 Å². The fourth-order valence-corrected chi connectivity index (χ4v) is 3.40. The van der Waals surface area contributed by atoms with Gasteiger partial charge in [0.05, 0.1) is 17.3 Å². The van der Waals surface area contributed by atoms with Crippen molar-refractivity contribution in [3.8, 4) is 5.75 Å². The van der Waals surface area contributed by atoms with Crippen LogP contribution in [0, 0.1) is 0 Å². The second-order valence-corrected chi connectivity index (χ2v) is 7.58. The highest BCUT2D eigenvalue weighted by Gasteiger charge is 2.13. The number of thiophene rings is 1. The second kappa shape index (κ2) is 8.79. The van der Waals surface area contributed by atoms with Gasteiger partial charge < -0.3 is 9.94 Å². The molecule has 0 saturated heterocycles. The largest absolute Gasteiger partial charge is 0.506 e. The third-order valence-electron chi connectivity index (χ3n) is 3.61. The van der Waals surface area contributed by atoms with Crippen LogP contribution in [-0.4, -0.2) is 29.5 Å². The van der Waals surface area contributed by atoms with Crippen molar-refractivity contribution in [2.24, 2.45) is 10.3 Å². The minimum atomic E-state index is -0.815. The van der Waals surface area contributed by atoms with Crippen LogP contribution >= 0.6 is 27.3 Å². The van der Waals surface area contributed by atoms with Crippen LogP contribution in [0.5, 0.6) is 5.75 Å². The average molecular weight is 446 g/mol. The topological polar surface area (TPSA) is 83.3 Å². The van der Waals surface area contributed by atoms with Crippen LogP contribution in [0.2, 0.25) is 0 Å². The summed E-state index contributed by atoms with van der Waals surface area (Å²) in [6.07, 6.45) is 2.12. The summed E-state index contributed by atoms with van der Waals surface area (Å²) in [5.41, 5.74) is 3.23. The number of aromatic hydroxyl groups is 1. The Morgan fingerprint density at radius 1 is 1.22 bits per heavy atom. The standard InChI is InChI=1S/C19H16BrN3O3S/c1-12(26-22-10-13-6-8-14(20)9-7-13)19(25)23-21-11-17-18(24)15-4-2-3-5-16(15)27-17/h2-12,24H,1H3,(H,23,25)/b21-11+,22-10-. The zero-order valence-corrected chi connectivity index (χ0v) is 16.7. The molecule has 1 heterocycles. The third-order valence-corrected chi connectivity index (χ3v) is 5.24. The SMILES string of the molecule is CC(O/N=C\c1ccc(Br)cc1)C(=O)N/N=C/c1sc2ccccc2c1O. The van der Waals surface area contributed by atoms with Gasteiger partial charge in [0.2, 0.25) is 6.10 Å². The maximum Gasteiger partial charge on any atom is 0.283 e. The van der Waals surface area contributed by atoms with Gasteiger partial charge in [0, 0.05) is 14.6 Å². The average Bonchev–Trinajstić information content (AvgIpc) is 2.99. The molecule has 1 amide bonds. The van der Waals surface area contributed by atoms with Crippen LogP contribution in [0.3, 0.4) is 0 Å². The molecule has 0 aliphatic heterocycles. The Hall–Kier alpha value is -2.71. The molecule has 2 aromatic carbocycles. The molecule has 138 valence electrons. The summed E-state index contributed by atoms with van der Waals surface area (Å²) >= 11 is 4.74. The lowest BCUT2D eigenvalue weighted by atomic mass is 10.2. The van der Waals surface area contributed by atoms with E-state index in [4.69, 9.17) is 4.84 Å². The normalized spacial score (nSPS) is 12.7. The molecule has 0 saturated carbocycles. The summed E-state index contributed by atoms with van der Waals surface area (Å²) in [5.74, 6) is -0.295. The predicted molar refractivity (Wildman–Crippen MR) is 112 cm³/mol. The van der Waals surface area contributed by atoms with E-state index in [9.17, 15) is 9.90 Å². The molecule has 3 rings (SSSR count). The maximum absolute atomic E-state index is 12.0. The van der Waals surface area contributed by atoms with E-state index in [1.807, 2.05) is 48.5 Å². The Bertz CT molecular complexity index is 999. The van der Waals surface area contributed by atoms with Gasteiger partial charge in [-0.3, -0.25) is 4.79 Å². The number of hydrazone groups is 1. The lowest BCUT2D eigenvalue weighted by molar-refractivity contribution is -0.131. The molecule has 0 spiro atoms. The molecule has 8 heteroatoms. The van der Waals surface area contributed by atoms with Crippen LogP contribution in [0.1, 0.15) is 17.4 Å². The first-order valence-electron chi connectivity index (χ1n) is 8.03. The summed E-state index contributed by atoms with van der Waals surface area (Å²) in [5, 5.41) is 18.6. The van der Waals surface area contributed by atoms with Gasteiger partial charge in [-0.1, -0.05) is 45.4 Å². The maximum atomic E-state index is 12.0. The number of amides is 1. The van der Waals surface area contributed by atoms with Crippen molar-refractivity contribution in [3.63, 3.8) is 0 Å². The second-order valence-electron chi connectivity index (χ2n) is 5.58. The molecule has 6 nitrogen and oxygen atoms in total. The number of benzene rings is 2. The minimum absolute atomic E-state index is 0.150. The summed E-state index contributed by atoms with van der Waals surface area (Å²) in [7, 11) is 0. The predicted octanol–water partition coefficient (Wildman–Crippen LogP) is 4.26.